The SMILES string of the molecule is Cc1cc(Cl)ccc1NCc1cc(Br)c(Br)o1. The van der Waals surface area contributed by atoms with Gasteiger partial charge in [-0.1, -0.05) is 11.6 Å². The van der Waals surface area contributed by atoms with Crippen LogP contribution in [0.1, 0.15) is 11.3 Å². The molecule has 1 heterocycles. The maximum absolute atomic E-state index is 5.90. The van der Waals surface area contributed by atoms with Crippen molar-refractivity contribution in [2.45, 2.75) is 13.5 Å². The Morgan fingerprint density at radius 2 is 2.06 bits per heavy atom. The average Bonchev–Trinajstić information content (AvgIpc) is 2.57. The molecular weight excluding hydrogens is 369 g/mol. The first-order valence-electron chi connectivity index (χ1n) is 5.00. The minimum absolute atomic E-state index is 0.632. The molecule has 1 aromatic carbocycles. The number of furan rings is 1. The molecular formula is C12H10Br2ClNO. The van der Waals surface area contributed by atoms with Crippen LogP contribution in [0.2, 0.25) is 5.02 Å². The van der Waals surface area contributed by atoms with E-state index in [1.807, 2.05) is 31.2 Å². The van der Waals surface area contributed by atoms with Crippen molar-refractivity contribution in [2.75, 3.05) is 5.32 Å². The Labute approximate surface area is 122 Å². The van der Waals surface area contributed by atoms with Gasteiger partial charge in [0.25, 0.3) is 0 Å². The summed E-state index contributed by atoms with van der Waals surface area (Å²) in [5.74, 6) is 0.859. The van der Waals surface area contributed by atoms with E-state index in [1.165, 1.54) is 0 Å². The molecule has 0 spiro atoms. The minimum atomic E-state index is 0.632. The number of nitrogens with one attached hydrogen (secondary N) is 1. The first-order valence-corrected chi connectivity index (χ1v) is 6.96. The van der Waals surface area contributed by atoms with Gasteiger partial charge in [0.1, 0.15) is 5.76 Å². The van der Waals surface area contributed by atoms with Gasteiger partial charge in [0.15, 0.2) is 4.67 Å². The molecule has 0 aliphatic heterocycles. The van der Waals surface area contributed by atoms with Gasteiger partial charge in [-0.2, -0.15) is 0 Å². The highest BCUT2D eigenvalue weighted by Gasteiger charge is 2.06. The third-order valence-electron chi connectivity index (χ3n) is 2.34. The summed E-state index contributed by atoms with van der Waals surface area (Å²) < 4.78 is 7.11. The van der Waals surface area contributed by atoms with Crippen LogP contribution in [0.5, 0.6) is 0 Å². The Morgan fingerprint density at radius 1 is 1.29 bits per heavy atom. The predicted octanol–water partition coefficient (Wildman–Crippen LogP) is 5.38. The number of halogens is 3. The number of hydrogen-bond acceptors (Lipinski definition) is 2. The lowest BCUT2D eigenvalue weighted by Crippen LogP contribution is -1.99. The van der Waals surface area contributed by atoms with Crippen molar-refractivity contribution in [1.29, 1.82) is 0 Å². The van der Waals surface area contributed by atoms with Gasteiger partial charge in [0, 0.05) is 10.7 Å². The zero-order chi connectivity index (χ0) is 12.4. The maximum Gasteiger partial charge on any atom is 0.183 e. The molecule has 5 heteroatoms. The van der Waals surface area contributed by atoms with E-state index >= 15 is 0 Å². The molecule has 2 rings (SSSR count). The standard InChI is InChI=1S/C12H10Br2ClNO/c1-7-4-8(15)2-3-11(7)16-6-9-5-10(13)12(14)17-9/h2-5,16H,6H2,1H3. The van der Waals surface area contributed by atoms with Crippen molar-refractivity contribution in [3.05, 3.63) is 49.8 Å². The van der Waals surface area contributed by atoms with E-state index in [9.17, 15) is 0 Å². The quantitative estimate of drug-likeness (QED) is 0.775. The second-order valence-electron chi connectivity index (χ2n) is 3.65. The molecule has 0 atom stereocenters. The van der Waals surface area contributed by atoms with E-state index in [4.69, 9.17) is 16.0 Å². The molecule has 0 aliphatic carbocycles. The molecule has 1 N–H and O–H groups in total. The molecule has 0 radical (unpaired) electrons. The highest BCUT2D eigenvalue weighted by molar-refractivity contribution is 9.13. The molecule has 1 aromatic heterocycles. The molecule has 0 aliphatic rings. The third kappa shape index (κ3) is 3.27. The van der Waals surface area contributed by atoms with Crippen molar-refractivity contribution < 1.29 is 4.42 Å². The lowest BCUT2D eigenvalue weighted by molar-refractivity contribution is 0.494. The van der Waals surface area contributed by atoms with Crippen LogP contribution in [0, 0.1) is 6.92 Å². The summed E-state index contributed by atoms with van der Waals surface area (Å²) >= 11 is 12.6. The molecule has 0 amide bonds. The monoisotopic (exact) mass is 377 g/mol. The zero-order valence-electron chi connectivity index (χ0n) is 9.06. The Balaban J connectivity index is 2.07. The van der Waals surface area contributed by atoms with Gasteiger partial charge in [0.2, 0.25) is 0 Å². The Hall–Kier alpha value is -0.450. The van der Waals surface area contributed by atoms with Crippen molar-refractivity contribution in [3.8, 4) is 0 Å². The number of anilines is 1. The molecule has 2 aromatic rings. The van der Waals surface area contributed by atoms with Gasteiger partial charge >= 0.3 is 0 Å². The van der Waals surface area contributed by atoms with Crippen molar-refractivity contribution in [3.63, 3.8) is 0 Å². The number of benzene rings is 1. The Bertz CT molecular complexity index is 520. The first-order chi connectivity index (χ1) is 8.06. The normalized spacial score (nSPS) is 10.6. The van der Waals surface area contributed by atoms with E-state index in [0.29, 0.717) is 11.2 Å². The van der Waals surface area contributed by atoms with Gasteiger partial charge in [-0.05, 0) is 68.6 Å². The molecule has 0 saturated heterocycles. The van der Waals surface area contributed by atoms with E-state index in [2.05, 4.69) is 37.2 Å². The molecule has 0 fully saturated rings. The van der Waals surface area contributed by atoms with Gasteiger partial charge in [0.05, 0.1) is 11.0 Å². The fourth-order valence-electron chi connectivity index (χ4n) is 1.49. The number of aryl methyl sites for hydroxylation is 1. The highest BCUT2D eigenvalue weighted by Crippen LogP contribution is 2.27. The van der Waals surface area contributed by atoms with Gasteiger partial charge in [-0.25, -0.2) is 0 Å². The second kappa shape index (κ2) is 5.46. The largest absolute Gasteiger partial charge is 0.451 e. The third-order valence-corrected chi connectivity index (χ3v) is 4.28. The van der Waals surface area contributed by atoms with Crippen LogP contribution >= 0.6 is 43.5 Å². The van der Waals surface area contributed by atoms with Crippen molar-refractivity contribution in [1.82, 2.24) is 0 Å². The number of hydrogen-bond donors (Lipinski definition) is 1. The second-order valence-corrected chi connectivity index (χ2v) is 5.66. The molecule has 0 bridgehead atoms. The Kier molecular flexibility index (Phi) is 4.17. The van der Waals surface area contributed by atoms with Crippen LogP contribution in [0.4, 0.5) is 5.69 Å². The van der Waals surface area contributed by atoms with Crippen LogP contribution < -0.4 is 5.32 Å². The van der Waals surface area contributed by atoms with Crippen molar-refractivity contribution in [2.24, 2.45) is 0 Å². The molecule has 2 nitrogen and oxygen atoms in total. The molecule has 0 saturated carbocycles. The number of rotatable bonds is 3. The summed E-state index contributed by atoms with van der Waals surface area (Å²) in [5.41, 5.74) is 2.17. The zero-order valence-corrected chi connectivity index (χ0v) is 13.0. The smallest absolute Gasteiger partial charge is 0.183 e. The van der Waals surface area contributed by atoms with E-state index < -0.39 is 0 Å². The summed E-state index contributed by atoms with van der Waals surface area (Å²) in [7, 11) is 0. The van der Waals surface area contributed by atoms with Crippen LogP contribution in [0.3, 0.4) is 0 Å². The average molecular weight is 379 g/mol. The molecule has 0 unspecified atom stereocenters. The first kappa shape index (κ1) is 13.0. The summed E-state index contributed by atoms with van der Waals surface area (Å²) in [6.07, 6.45) is 0. The summed E-state index contributed by atoms with van der Waals surface area (Å²) in [4.78, 5) is 0. The van der Waals surface area contributed by atoms with Crippen LogP contribution in [-0.2, 0) is 6.54 Å². The summed E-state index contributed by atoms with van der Waals surface area (Å²) in [6.45, 7) is 2.65. The van der Waals surface area contributed by atoms with Crippen LogP contribution in [0.15, 0.2) is 37.8 Å². The van der Waals surface area contributed by atoms with Gasteiger partial charge in [-0.3, -0.25) is 0 Å². The lowest BCUT2D eigenvalue weighted by atomic mass is 10.2. The van der Waals surface area contributed by atoms with Gasteiger partial charge < -0.3 is 9.73 Å². The van der Waals surface area contributed by atoms with E-state index in [1.54, 1.807) is 0 Å². The van der Waals surface area contributed by atoms with Crippen molar-refractivity contribution >= 4 is 49.1 Å². The minimum Gasteiger partial charge on any atom is -0.451 e. The van der Waals surface area contributed by atoms with Gasteiger partial charge in [-0.15, -0.1) is 0 Å². The predicted molar refractivity (Wildman–Crippen MR) is 77.6 cm³/mol. The van der Waals surface area contributed by atoms with E-state index in [0.717, 1.165) is 26.5 Å². The molecule has 17 heavy (non-hydrogen) atoms. The summed E-state index contributed by atoms with van der Waals surface area (Å²) in [6, 6.07) is 7.69. The molecule has 90 valence electrons. The fraction of sp³-hybridized carbons (Fsp3) is 0.167. The van der Waals surface area contributed by atoms with Crippen LogP contribution in [0.25, 0.3) is 0 Å². The highest BCUT2D eigenvalue weighted by atomic mass is 79.9. The lowest BCUT2D eigenvalue weighted by Gasteiger charge is -2.08. The maximum atomic E-state index is 5.90. The van der Waals surface area contributed by atoms with Crippen LogP contribution in [-0.4, -0.2) is 0 Å². The van der Waals surface area contributed by atoms with E-state index in [-0.39, 0.29) is 0 Å². The Morgan fingerprint density at radius 3 is 2.65 bits per heavy atom. The fourth-order valence-corrected chi connectivity index (χ4v) is 2.37. The summed E-state index contributed by atoms with van der Waals surface area (Å²) in [5, 5.41) is 4.05. The topological polar surface area (TPSA) is 25.2 Å².